The van der Waals surface area contributed by atoms with Gasteiger partial charge in [-0.3, -0.25) is 4.90 Å². The van der Waals surface area contributed by atoms with Crippen molar-refractivity contribution in [3.63, 3.8) is 0 Å². The Hall–Kier alpha value is -0.890. The smallest absolute Gasteiger partial charge is 0.412 e. The van der Waals surface area contributed by atoms with Crippen molar-refractivity contribution in [2.45, 2.75) is 63.9 Å². The van der Waals surface area contributed by atoms with Crippen LogP contribution in [0.2, 0.25) is 0 Å². The van der Waals surface area contributed by atoms with Gasteiger partial charge in [-0.15, -0.1) is 0 Å². The van der Waals surface area contributed by atoms with Crippen molar-refractivity contribution in [3.05, 3.63) is 11.6 Å². The second-order valence-electron chi connectivity index (χ2n) is 6.08. The summed E-state index contributed by atoms with van der Waals surface area (Å²) in [7, 11) is 0. The highest BCUT2D eigenvalue weighted by atomic mass is 32.1. The van der Waals surface area contributed by atoms with Gasteiger partial charge in [0.2, 0.25) is 0 Å². The summed E-state index contributed by atoms with van der Waals surface area (Å²) in [6.07, 6.45) is -2.59. The number of carbonyl (C=O) groups is 1. The molecule has 122 valence electrons. The van der Waals surface area contributed by atoms with E-state index in [1.807, 2.05) is 0 Å². The van der Waals surface area contributed by atoms with Gasteiger partial charge in [0.1, 0.15) is 5.60 Å². The van der Waals surface area contributed by atoms with Crippen LogP contribution in [0.4, 0.5) is 18.0 Å². The van der Waals surface area contributed by atoms with E-state index in [-0.39, 0.29) is 12.5 Å². The van der Waals surface area contributed by atoms with Crippen molar-refractivity contribution in [2.24, 2.45) is 0 Å². The van der Waals surface area contributed by atoms with Crippen molar-refractivity contribution >= 4 is 19.0 Å². The number of amides is 1. The van der Waals surface area contributed by atoms with Crippen LogP contribution < -0.4 is 0 Å². The number of alkyl halides is 3. The zero-order valence-corrected chi connectivity index (χ0v) is 13.0. The summed E-state index contributed by atoms with van der Waals surface area (Å²) >= 11 is 2.53. The maximum absolute atomic E-state index is 12.7. The van der Waals surface area contributed by atoms with Crippen LogP contribution in [0.15, 0.2) is 11.6 Å². The Morgan fingerprint density at radius 3 is 2.33 bits per heavy atom. The molecule has 2 atom stereocenters. The lowest BCUT2D eigenvalue weighted by molar-refractivity contribution is -0.0980. The fraction of sp³-hybridized carbons (Fsp3) is 0.769. The van der Waals surface area contributed by atoms with Crippen LogP contribution in [0.3, 0.4) is 0 Å². The number of fused-ring (bicyclic) bond motifs is 2. The number of rotatable bonds is 0. The molecule has 0 aromatic carbocycles. The summed E-state index contributed by atoms with van der Waals surface area (Å²) in [6.45, 7) is 5.23. The Labute approximate surface area is 127 Å². The van der Waals surface area contributed by atoms with E-state index in [1.165, 1.54) is 11.0 Å². The average Bonchev–Trinajstić information content (AvgIpc) is 2.59. The molecular weight excluding hydrogens is 307 g/mol. The van der Waals surface area contributed by atoms with Crippen LogP contribution in [0.25, 0.3) is 0 Å². The molecule has 2 rings (SSSR count). The Balaban J connectivity index is 0.00000106. The van der Waals surface area contributed by atoms with E-state index in [2.05, 4.69) is 12.9 Å². The van der Waals surface area contributed by atoms with Gasteiger partial charge < -0.3 is 9.29 Å². The van der Waals surface area contributed by atoms with Gasteiger partial charge in [-0.25, -0.2) is 4.79 Å². The number of nitrogens with zero attached hydrogens (tertiary/aromatic N) is 1. The number of thiol groups is 1. The predicted octanol–water partition coefficient (Wildman–Crippen LogP) is 4.04. The summed E-state index contributed by atoms with van der Waals surface area (Å²) in [5.41, 5.74) is -1.15. The Bertz CT molecular complexity index is 418. The van der Waals surface area contributed by atoms with E-state index < -0.39 is 29.5 Å². The van der Waals surface area contributed by atoms with E-state index in [1.54, 1.807) is 20.8 Å². The van der Waals surface area contributed by atoms with Crippen molar-refractivity contribution in [3.8, 4) is 0 Å². The zero-order valence-electron chi connectivity index (χ0n) is 12.1. The summed E-state index contributed by atoms with van der Waals surface area (Å²) in [4.78, 5) is 13.5. The molecule has 21 heavy (non-hydrogen) atoms. The molecule has 8 heteroatoms. The van der Waals surface area contributed by atoms with Gasteiger partial charge in [-0.2, -0.15) is 13.2 Å². The van der Waals surface area contributed by atoms with Crippen LogP contribution in [0.5, 0.6) is 0 Å². The maximum atomic E-state index is 12.7. The van der Waals surface area contributed by atoms with Gasteiger partial charge in [-0.05, 0) is 52.9 Å². The van der Waals surface area contributed by atoms with E-state index >= 15 is 0 Å². The minimum absolute atomic E-state index is 0.126. The molecule has 2 heterocycles. The molecule has 2 bridgehead atoms. The standard InChI is InChI=1S/C13H18F3NO2.H2OS/c1-12(2,3)19-11(18)17-9-4-5-10(17)7-8(6-9)13(14,15)16;1-2/h6,9-10H,4-5,7H2,1-3H3;1-2H. The lowest BCUT2D eigenvalue weighted by Crippen LogP contribution is -2.46. The minimum atomic E-state index is -4.29. The molecule has 2 unspecified atom stereocenters. The first-order valence-electron chi connectivity index (χ1n) is 6.57. The normalized spacial score (nSPS) is 25.0. The molecule has 1 amide bonds. The number of ether oxygens (including phenoxy) is 1. The number of hydrogen-bond donors (Lipinski definition) is 2. The van der Waals surface area contributed by atoms with Crippen LogP contribution in [-0.4, -0.2) is 39.4 Å². The third-order valence-corrected chi connectivity index (χ3v) is 3.36. The number of carbonyl (C=O) groups excluding carboxylic acids is 1. The molecular formula is C13H20F3NO3S. The molecule has 1 fully saturated rings. The van der Waals surface area contributed by atoms with Crippen LogP contribution in [0.1, 0.15) is 40.0 Å². The van der Waals surface area contributed by atoms with Crippen molar-refractivity contribution in [2.75, 3.05) is 0 Å². The molecule has 2 aliphatic rings. The molecule has 0 aliphatic carbocycles. The summed E-state index contributed by atoms with van der Waals surface area (Å²) in [5.74, 6) is 0. The molecule has 4 nitrogen and oxygen atoms in total. The molecule has 0 spiro atoms. The highest BCUT2D eigenvalue weighted by Crippen LogP contribution is 2.41. The number of hydrogen-bond acceptors (Lipinski definition) is 4. The topological polar surface area (TPSA) is 49.8 Å². The van der Waals surface area contributed by atoms with Crippen molar-refractivity contribution < 1.29 is 27.3 Å². The quantitative estimate of drug-likeness (QED) is 0.401. The Morgan fingerprint density at radius 2 is 1.90 bits per heavy atom. The highest BCUT2D eigenvalue weighted by Gasteiger charge is 2.47. The first-order chi connectivity index (χ1) is 9.58. The summed E-state index contributed by atoms with van der Waals surface area (Å²) < 4.78 is 50.1. The van der Waals surface area contributed by atoms with Gasteiger partial charge in [0.25, 0.3) is 0 Å². The molecule has 2 aliphatic heterocycles. The fourth-order valence-electron chi connectivity index (χ4n) is 2.64. The molecule has 0 radical (unpaired) electrons. The van der Waals surface area contributed by atoms with E-state index in [9.17, 15) is 18.0 Å². The third-order valence-electron chi connectivity index (χ3n) is 3.36. The van der Waals surface area contributed by atoms with Crippen LogP contribution in [0, 0.1) is 0 Å². The maximum Gasteiger partial charge on any atom is 0.412 e. The van der Waals surface area contributed by atoms with Crippen LogP contribution >= 0.6 is 12.9 Å². The monoisotopic (exact) mass is 327 g/mol. The molecule has 0 aromatic rings. The first-order valence-corrected chi connectivity index (χ1v) is 6.97. The molecule has 1 N–H and O–H groups in total. The fourth-order valence-corrected chi connectivity index (χ4v) is 2.64. The van der Waals surface area contributed by atoms with E-state index in [4.69, 9.17) is 9.29 Å². The van der Waals surface area contributed by atoms with Gasteiger partial charge in [0.15, 0.2) is 0 Å². The van der Waals surface area contributed by atoms with E-state index in [0.29, 0.717) is 12.8 Å². The van der Waals surface area contributed by atoms with E-state index in [0.717, 1.165) is 0 Å². The largest absolute Gasteiger partial charge is 0.444 e. The summed E-state index contributed by atoms with van der Waals surface area (Å²) in [6, 6.07) is -0.869. The average molecular weight is 327 g/mol. The van der Waals surface area contributed by atoms with Crippen LogP contribution in [-0.2, 0) is 4.74 Å². The second kappa shape index (κ2) is 6.48. The van der Waals surface area contributed by atoms with Crippen molar-refractivity contribution in [1.29, 1.82) is 0 Å². The molecule has 1 saturated heterocycles. The van der Waals surface area contributed by atoms with Gasteiger partial charge >= 0.3 is 12.3 Å². The third kappa shape index (κ3) is 4.54. The minimum Gasteiger partial charge on any atom is -0.444 e. The van der Waals surface area contributed by atoms with Crippen molar-refractivity contribution in [1.82, 2.24) is 4.90 Å². The van der Waals surface area contributed by atoms with Gasteiger partial charge in [0.05, 0.1) is 6.04 Å². The summed E-state index contributed by atoms with van der Waals surface area (Å²) in [5, 5.41) is 0. The SMILES string of the molecule is CC(C)(C)OC(=O)N1C2C=C(C(F)(F)F)CC1CC2.OS. The van der Waals surface area contributed by atoms with Gasteiger partial charge in [-0.1, -0.05) is 6.08 Å². The Kier molecular flexibility index (Phi) is 5.60. The lowest BCUT2D eigenvalue weighted by Gasteiger charge is -2.35. The molecule has 0 saturated carbocycles. The predicted molar refractivity (Wildman–Crippen MR) is 75.3 cm³/mol. The Morgan fingerprint density at radius 1 is 1.33 bits per heavy atom. The second-order valence-corrected chi connectivity index (χ2v) is 6.08. The molecule has 0 aromatic heterocycles. The zero-order chi connectivity index (χ0) is 16.4. The van der Waals surface area contributed by atoms with Gasteiger partial charge in [0, 0.05) is 11.6 Å². The number of halogens is 3. The lowest BCUT2D eigenvalue weighted by atomic mass is 10.0. The highest BCUT2D eigenvalue weighted by molar-refractivity contribution is 7.74. The first kappa shape index (κ1) is 18.2.